The molecule has 10 heteroatoms. The van der Waals surface area contributed by atoms with Gasteiger partial charge in [-0.1, -0.05) is 0 Å². The lowest BCUT2D eigenvalue weighted by molar-refractivity contribution is 0.524. The second-order valence-corrected chi connectivity index (χ2v) is 5.99. The van der Waals surface area contributed by atoms with Gasteiger partial charge in [-0.05, 0) is 24.3 Å². The minimum atomic E-state index is -0.701. The zero-order chi connectivity index (χ0) is 19.3. The van der Waals surface area contributed by atoms with E-state index in [0.717, 1.165) is 6.07 Å². The fraction of sp³-hybridized carbons (Fsp3) is 0. The predicted molar refractivity (Wildman–Crippen MR) is 94.2 cm³/mol. The molecule has 0 radical (unpaired) electrons. The number of imidazole rings is 1. The molecule has 0 unspecified atom stereocenters. The van der Waals surface area contributed by atoms with Crippen molar-refractivity contribution in [3.63, 3.8) is 0 Å². The number of hydrogen-bond acceptors (Lipinski definition) is 5. The van der Waals surface area contributed by atoms with Crippen LogP contribution >= 0.6 is 0 Å². The molecule has 8 nitrogen and oxygen atoms in total. The number of H-pyrrole nitrogens is 2. The molecule has 2 N–H and O–H groups in total. The van der Waals surface area contributed by atoms with Gasteiger partial charge in [0.25, 0.3) is 5.89 Å². The number of fused-ring (bicyclic) bond motifs is 1. The molecule has 0 saturated carbocycles. The Labute approximate surface area is 154 Å². The summed E-state index contributed by atoms with van der Waals surface area (Å²) >= 11 is 0. The van der Waals surface area contributed by atoms with Gasteiger partial charge in [0.05, 0.1) is 18.1 Å². The SMILES string of the molecule is O=c1[nH]nc(-c2cnc3ccc(-c4cn[nH]c4-c4ccc(F)cc4F)cn23)o1. The predicted octanol–water partition coefficient (Wildman–Crippen LogP) is 3.01. The van der Waals surface area contributed by atoms with E-state index >= 15 is 0 Å². The lowest BCUT2D eigenvalue weighted by atomic mass is 10.0. The number of aromatic amines is 2. The molecule has 0 amide bonds. The van der Waals surface area contributed by atoms with Gasteiger partial charge in [-0.2, -0.15) is 5.10 Å². The summed E-state index contributed by atoms with van der Waals surface area (Å²) in [5.41, 5.74) is 2.96. The van der Waals surface area contributed by atoms with Crippen molar-refractivity contribution in [2.24, 2.45) is 0 Å². The van der Waals surface area contributed by atoms with Gasteiger partial charge < -0.3 is 4.42 Å². The molecule has 28 heavy (non-hydrogen) atoms. The normalized spacial score (nSPS) is 11.4. The fourth-order valence-corrected chi connectivity index (χ4v) is 3.04. The van der Waals surface area contributed by atoms with E-state index in [1.807, 2.05) is 0 Å². The van der Waals surface area contributed by atoms with Crippen LogP contribution in [0.3, 0.4) is 0 Å². The minimum Gasteiger partial charge on any atom is -0.386 e. The van der Waals surface area contributed by atoms with Crippen molar-refractivity contribution >= 4 is 5.65 Å². The van der Waals surface area contributed by atoms with Crippen molar-refractivity contribution in [1.29, 1.82) is 0 Å². The van der Waals surface area contributed by atoms with E-state index in [0.29, 0.717) is 28.2 Å². The van der Waals surface area contributed by atoms with Crippen LogP contribution in [-0.2, 0) is 0 Å². The first-order valence-corrected chi connectivity index (χ1v) is 8.12. The van der Waals surface area contributed by atoms with Crippen molar-refractivity contribution in [2.45, 2.75) is 0 Å². The summed E-state index contributed by atoms with van der Waals surface area (Å²) in [6.45, 7) is 0. The van der Waals surface area contributed by atoms with Crippen molar-refractivity contribution in [2.75, 3.05) is 0 Å². The average Bonchev–Trinajstić information content (AvgIpc) is 3.40. The maximum atomic E-state index is 14.2. The largest absolute Gasteiger partial charge is 0.434 e. The summed E-state index contributed by atoms with van der Waals surface area (Å²) in [5.74, 6) is -1.95. The molecule has 5 rings (SSSR count). The second kappa shape index (κ2) is 5.98. The van der Waals surface area contributed by atoms with Crippen LogP contribution < -0.4 is 5.76 Å². The van der Waals surface area contributed by atoms with E-state index in [1.165, 1.54) is 18.3 Å². The van der Waals surface area contributed by atoms with Crippen LogP contribution in [0.25, 0.3) is 39.6 Å². The number of pyridine rings is 1. The van der Waals surface area contributed by atoms with Gasteiger partial charge in [-0.25, -0.2) is 23.7 Å². The number of hydrogen-bond donors (Lipinski definition) is 2. The summed E-state index contributed by atoms with van der Waals surface area (Å²) in [6.07, 6.45) is 4.81. The van der Waals surface area contributed by atoms with Gasteiger partial charge >= 0.3 is 5.76 Å². The smallest absolute Gasteiger partial charge is 0.386 e. The molecule has 0 aliphatic rings. The topological polar surface area (TPSA) is 105 Å². The van der Waals surface area contributed by atoms with Crippen molar-refractivity contribution in [3.05, 3.63) is 71.1 Å². The van der Waals surface area contributed by atoms with Gasteiger partial charge in [0, 0.05) is 29.0 Å². The van der Waals surface area contributed by atoms with E-state index in [4.69, 9.17) is 4.42 Å². The Balaban J connectivity index is 1.67. The van der Waals surface area contributed by atoms with Gasteiger partial charge in [0.2, 0.25) is 0 Å². The van der Waals surface area contributed by atoms with Crippen LogP contribution in [0.2, 0.25) is 0 Å². The highest BCUT2D eigenvalue weighted by Gasteiger charge is 2.17. The molecular formula is C18H10F2N6O2. The molecule has 0 bridgehead atoms. The van der Waals surface area contributed by atoms with E-state index in [2.05, 4.69) is 25.4 Å². The number of halogens is 2. The first kappa shape index (κ1) is 16.1. The summed E-state index contributed by atoms with van der Waals surface area (Å²) < 4.78 is 34.2. The van der Waals surface area contributed by atoms with Crippen LogP contribution in [0.15, 0.2) is 58.1 Å². The Morgan fingerprint density at radius 1 is 1.04 bits per heavy atom. The Morgan fingerprint density at radius 2 is 1.93 bits per heavy atom. The first-order valence-electron chi connectivity index (χ1n) is 8.12. The maximum absolute atomic E-state index is 14.2. The Morgan fingerprint density at radius 3 is 2.71 bits per heavy atom. The van der Waals surface area contributed by atoms with Crippen molar-refractivity contribution < 1.29 is 13.2 Å². The Hall–Kier alpha value is -4.08. The molecule has 0 aliphatic heterocycles. The number of nitrogens with zero attached hydrogens (tertiary/aromatic N) is 4. The molecule has 0 atom stereocenters. The number of nitrogens with one attached hydrogen (secondary N) is 2. The summed E-state index contributed by atoms with van der Waals surface area (Å²) in [4.78, 5) is 15.5. The second-order valence-electron chi connectivity index (χ2n) is 5.99. The van der Waals surface area contributed by atoms with Gasteiger partial charge in [0.1, 0.15) is 23.0 Å². The van der Waals surface area contributed by atoms with E-state index in [1.54, 1.807) is 28.9 Å². The monoisotopic (exact) mass is 380 g/mol. The Bertz CT molecular complexity index is 1380. The molecule has 0 fully saturated rings. The average molecular weight is 380 g/mol. The summed E-state index contributed by atoms with van der Waals surface area (Å²) in [5, 5.41) is 12.8. The molecule has 5 aromatic rings. The number of rotatable bonds is 3. The van der Waals surface area contributed by atoms with Crippen LogP contribution in [0.4, 0.5) is 8.78 Å². The molecule has 138 valence electrons. The molecule has 0 spiro atoms. The first-order chi connectivity index (χ1) is 13.6. The molecule has 0 aliphatic carbocycles. The quantitative estimate of drug-likeness (QED) is 0.501. The van der Waals surface area contributed by atoms with Crippen LogP contribution in [0, 0.1) is 11.6 Å². The third kappa shape index (κ3) is 2.50. The number of aromatic nitrogens is 6. The van der Waals surface area contributed by atoms with Crippen LogP contribution in [-0.4, -0.2) is 29.8 Å². The van der Waals surface area contributed by atoms with Crippen molar-refractivity contribution in [3.8, 4) is 34.0 Å². The van der Waals surface area contributed by atoms with Gasteiger partial charge in [-0.15, -0.1) is 5.10 Å². The number of benzene rings is 1. The third-order valence-corrected chi connectivity index (χ3v) is 4.31. The summed E-state index contributed by atoms with van der Waals surface area (Å²) in [6, 6.07) is 6.89. The summed E-state index contributed by atoms with van der Waals surface area (Å²) in [7, 11) is 0. The van der Waals surface area contributed by atoms with Crippen molar-refractivity contribution in [1.82, 2.24) is 29.8 Å². The zero-order valence-corrected chi connectivity index (χ0v) is 14.0. The van der Waals surface area contributed by atoms with Crippen LogP contribution in [0.1, 0.15) is 0 Å². The fourth-order valence-electron chi connectivity index (χ4n) is 3.04. The maximum Gasteiger partial charge on any atom is 0.434 e. The lowest BCUT2D eigenvalue weighted by Gasteiger charge is -2.06. The highest BCUT2D eigenvalue weighted by molar-refractivity contribution is 5.81. The van der Waals surface area contributed by atoms with E-state index < -0.39 is 17.4 Å². The molecule has 0 saturated heterocycles. The van der Waals surface area contributed by atoms with Gasteiger partial charge in [0.15, 0.2) is 0 Å². The highest BCUT2D eigenvalue weighted by atomic mass is 19.1. The Kier molecular flexibility index (Phi) is 3.44. The molecular weight excluding hydrogens is 370 g/mol. The van der Waals surface area contributed by atoms with E-state index in [9.17, 15) is 13.6 Å². The molecule has 1 aromatic carbocycles. The molecule has 4 heterocycles. The molecule has 4 aromatic heterocycles. The lowest BCUT2D eigenvalue weighted by Crippen LogP contribution is -1.94. The van der Waals surface area contributed by atoms with Gasteiger partial charge in [-0.3, -0.25) is 9.50 Å². The van der Waals surface area contributed by atoms with E-state index in [-0.39, 0.29) is 11.5 Å². The third-order valence-electron chi connectivity index (χ3n) is 4.31. The minimum absolute atomic E-state index is 0.0895. The standard InChI is InChI=1S/C18H10F2N6O2/c19-10-2-3-11(13(20)5-10)16-12(6-22-23-16)9-1-4-15-21-7-14(26(15)8-9)17-24-25-18(27)28-17/h1-8H,(H,22,23)(H,25,27). The highest BCUT2D eigenvalue weighted by Crippen LogP contribution is 2.32. The van der Waals surface area contributed by atoms with Crippen LogP contribution in [0.5, 0.6) is 0 Å². The zero-order valence-electron chi connectivity index (χ0n) is 14.0.